The van der Waals surface area contributed by atoms with Crippen LogP contribution >= 0.6 is 0 Å². The van der Waals surface area contributed by atoms with Gasteiger partial charge in [0.1, 0.15) is 29.3 Å². The van der Waals surface area contributed by atoms with Crippen LogP contribution in [0.4, 0.5) is 22.7 Å². The van der Waals surface area contributed by atoms with Crippen LogP contribution in [0.25, 0.3) is 16.3 Å². The molecule has 1 N–H and O–H groups in total. The molecule has 0 aliphatic carbocycles. The number of fused-ring (bicyclic) bond motifs is 4. The molecule has 8 nitrogen and oxygen atoms in total. The number of nitrogens with zero attached hydrogens (tertiary/aromatic N) is 5. The van der Waals surface area contributed by atoms with E-state index in [0.717, 1.165) is 28.2 Å². The summed E-state index contributed by atoms with van der Waals surface area (Å²) in [6.07, 6.45) is 0. The van der Waals surface area contributed by atoms with E-state index in [4.69, 9.17) is 9.73 Å². The predicted octanol–water partition coefficient (Wildman–Crippen LogP) is 7.09. The van der Waals surface area contributed by atoms with Crippen molar-refractivity contribution in [2.75, 3.05) is 4.90 Å². The van der Waals surface area contributed by atoms with E-state index in [1.165, 1.54) is 0 Å². The minimum Gasteiger partial charge on any atom is -0.477 e. The number of benzene rings is 5. The average molecular weight is 586 g/mol. The number of hydrogen-bond donors (Lipinski definition) is 1. The third kappa shape index (κ3) is 5.12. The third-order valence-corrected chi connectivity index (χ3v) is 7.54. The van der Waals surface area contributed by atoms with Gasteiger partial charge in [0.15, 0.2) is 17.1 Å². The maximum absolute atomic E-state index is 11.7. The summed E-state index contributed by atoms with van der Waals surface area (Å²) in [7, 11) is 0. The van der Waals surface area contributed by atoms with Crippen molar-refractivity contribution in [2.24, 2.45) is 4.99 Å². The Balaban J connectivity index is 1.58. The van der Waals surface area contributed by atoms with Gasteiger partial charge in [-0.2, -0.15) is 15.8 Å². The van der Waals surface area contributed by atoms with Gasteiger partial charge >= 0.3 is 5.97 Å². The quantitative estimate of drug-likeness (QED) is 0.169. The van der Waals surface area contributed by atoms with Gasteiger partial charge in [0.25, 0.3) is 0 Å². The highest BCUT2D eigenvalue weighted by molar-refractivity contribution is 6.01. The summed E-state index contributed by atoms with van der Waals surface area (Å²) in [5.41, 5.74) is 4.05. The molecule has 0 fully saturated rings. The molecule has 5 aromatic carbocycles. The fraction of sp³-hybridized carbons (Fsp3) is 0.0541. The minimum absolute atomic E-state index is 0.247. The van der Waals surface area contributed by atoms with Crippen molar-refractivity contribution in [1.29, 1.82) is 15.8 Å². The molecular formula is C37H23N5O3. The van der Waals surface area contributed by atoms with Crippen LogP contribution < -0.4 is 20.2 Å². The topological polar surface area (TPSA) is 134 Å². The number of rotatable bonds is 5. The van der Waals surface area contributed by atoms with Crippen molar-refractivity contribution in [2.45, 2.75) is 13.8 Å². The number of aliphatic carboxylic acids is 1. The van der Waals surface area contributed by atoms with Crippen LogP contribution in [0.3, 0.4) is 0 Å². The molecule has 5 aromatic rings. The molecule has 0 spiro atoms. The molecule has 0 aromatic heterocycles. The van der Waals surface area contributed by atoms with Crippen molar-refractivity contribution in [1.82, 2.24) is 0 Å². The zero-order valence-electron chi connectivity index (χ0n) is 24.2. The standard InChI is InChI=1S/C37H23N5O3/c1-22-7-11-24(12-8-22)42(25-13-9-23(2)10-14-25)26-15-16-33-34(17-26)45-35-18-29(27-5-3-4-6-28(27)36(35)41-33)30(19-38)31(20-39)32(21-40)37(43)44/h3-18H,1-2H3,(H,43,44)/b30-29+,32-31+. The zero-order chi connectivity index (χ0) is 31.7. The summed E-state index contributed by atoms with van der Waals surface area (Å²) in [6, 6.07) is 36.2. The van der Waals surface area contributed by atoms with Gasteiger partial charge in [0, 0.05) is 33.7 Å². The van der Waals surface area contributed by atoms with Gasteiger partial charge in [-0.3, -0.25) is 0 Å². The first-order valence-corrected chi connectivity index (χ1v) is 13.9. The molecule has 45 heavy (non-hydrogen) atoms. The fourth-order valence-corrected chi connectivity index (χ4v) is 5.32. The lowest BCUT2D eigenvalue weighted by Gasteiger charge is -2.27. The highest BCUT2D eigenvalue weighted by atomic mass is 16.5. The molecule has 6 rings (SSSR count). The second kappa shape index (κ2) is 11.5. The molecule has 0 saturated carbocycles. The lowest BCUT2D eigenvalue weighted by atomic mass is 9.96. The maximum atomic E-state index is 11.7. The Morgan fingerprint density at radius 2 is 1.29 bits per heavy atom. The van der Waals surface area contributed by atoms with Gasteiger partial charge in [-0.1, -0.05) is 59.7 Å². The van der Waals surface area contributed by atoms with E-state index in [1.54, 1.807) is 30.3 Å². The number of carbonyl (C=O) groups is 1. The smallest absolute Gasteiger partial charge is 0.347 e. The van der Waals surface area contributed by atoms with Crippen LogP contribution in [0.2, 0.25) is 0 Å². The van der Waals surface area contributed by atoms with Crippen LogP contribution in [-0.4, -0.2) is 11.1 Å². The Kier molecular flexibility index (Phi) is 7.29. The molecule has 8 heteroatoms. The number of carboxylic acid groups (broad SMARTS) is 1. The molecule has 0 radical (unpaired) electrons. The second-order valence-electron chi connectivity index (χ2n) is 10.5. The number of nitriles is 3. The minimum atomic E-state index is -1.59. The van der Waals surface area contributed by atoms with Gasteiger partial charge in [-0.15, -0.1) is 0 Å². The van der Waals surface area contributed by atoms with E-state index in [9.17, 15) is 25.7 Å². The monoisotopic (exact) mass is 585 g/mol. The number of ether oxygens (including phenoxy) is 1. The summed E-state index contributed by atoms with van der Waals surface area (Å²) in [4.78, 5) is 18.8. The number of aryl methyl sites for hydroxylation is 2. The molecular weight excluding hydrogens is 562 g/mol. The third-order valence-electron chi connectivity index (χ3n) is 7.54. The van der Waals surface area contributed by atoms with Crippen molar-refractivity contribution in [3.05, 3.63) is 130 Å². The lowest BCUT2D eigenvalue weighted by molar-refractivity contribution is -0.132. The van der Waals surface area contributed by atoms with Gasteiger partial charge in [-0.05, 0) is 61.7 Å². The molecule has 1 aliphatic heterocycles. The molecule has 1 aliphatic rings. The summed E-state index contributed by atoms with van der Waals surface area (Å²) in [5, 5.41) is 41.0. The van der Waals surface area contributed by atoms with Crippen LogP contribution in [-0.2, 0) is 4.79 Å². The first kappa shape index (κ1) is 28.4. The Hall–Kier alpha value is -6.69. The summed E-state index contributed by atoms with van der Waals surface area (Å²) in [6.45, 7) is 4.08. The largest absolute Gasteiger partial charge is 0.477 e. The Bertz CT molecular complexity index is 2270. The fourth-order valence-electron chi connectivity index (χ4n) is 5.32. The normalized spacial score (nSPS) is 12.5. The molecule has 0 unspecified atom stereocenters. The highest BCUT2D eigenvalue weighted by Gasteiger charge is 2.23. The van der Waals surface area contributed by atoms with Crippen molar-refractivity contribution in [3.63, 3.8) is 0 Å². The van der Waals surface area contributed by atoms with E-state index in [-0.39, 0.29) is 10.8 Å². The summed E-state index contributed by atoms with van der Waals surface area (Å²) >= 11 is 0. The Morgan fingerprint density at radius 1 is 0.711 bits per heavy atom. The highest BCUT2D eigenvalue weighted by Crippen LogP contribution is 2.42. The predicted molar refractivity (Wildman–Crippen MR) is 170 cm³/mol. The second-order valence-corrected chi connectivity index (χ2v) is 10.5. The summed E-state index contributed by atoms with van der Waals surface area (Å²) < 4.78 is 6.45. The number of anilines is 3. The zero-order valence-corrected chi connectivity index (χ0v) is 24.2. The maximum Gasteiger partial charge on any atom is 0.347 e. The summed E-state index contributed by atoms with van der Waals surface area (Å²) in [5.74, 6) is -0.795. The van der Waals surface area contributed by atoms with Crippen LogP contribution in [0.15, 0.2) is 113 Å². The van der Waals surface area contributed by atoms with E-state index in [2.05, 4.69) is 53.4 Å². The average Bonchev–Trinajstić information content (AvgIpc) is 3.05. The number of hydrogen-bond acceptors (Lipinski definition) is 7. The van der Waals surface area contributed by atoms with Gasteiger partial charge < -0.3 is 14.7 Å². The van der Waals surface area contributed by atoms with Gasteiger partial charge in [0.05, 0.1) is 11.1 Å². The number of carboxylic acids is 1. The molecule has 0 atom stereocenters. The van der Waals surface area contributed by atoms with Crippen LogP contribution in [0.5, 0.6) is 11.5 Å². The Morgan fingerprint density at radius 3 is 1.84 bits per heavy atom. The van der Waals surface area contributed by atoms with Crippen LogP contribution in [0, 0.1) is 47.8 Å². The molecule has 214 valence electrons. The molecule has 0 amide bonds. The van der Waals surface area contributed by atoms with E-state index in [0.29, 0.717) is 33.3 Å². The van der Waals surface area contributed by atoms with Crippen molar-refractivity contribution < 1.29 is 14.6 Å². The molecule has 0 bridgehead atoms. The Labute approximate surface area is 258 Å². The van der Waals surface area contributed by atoms with Crippen LogP contribution in [0.1, 0.15) is 11.1 Å². The first-order chi connectivity index (χ1) is 21.8. The van der Waals surface area contributed by atoms with E-state index in [1.807, 2.05) is 50.2 Å². The van der Waals surface area contributed by atoms with E-state index >= 15 is 0 Å². The number of allylic oxidation sites excluding steroid dienone is 1. The molecule has 0 saturated heterocycles. The van der Waals surface area contributed by atoms with Crippen molar-refractivity contribution in [3.8, 4) is 29.7 Å². The van der Waals surface area contributed by atoms with Crippen molar-refractivity contribution >= 4 is 45.1 Å². The lowest BCUT2D eigenvalue weighted by Crippen LogP contribution is -2.20. The molecule has 1 heterocycles. The van der Waals surface area contributed by atoms with Gasteiger partial charge in [0.2, 0.25) is 0 Å². The SMILES string of the molecule is Cc1ccc(N(c2ccc(C)cc2)c2ccc3c(c2)Oc2c/c(=C(C#N)\C(C#N)=C(/C#N)C(=O)O)c4ccccc4c2=N3)cc1. The first-order valence-electron chi connectivity index (χ1n) is 13.9. The van der Waals surface area contributed by atoms with Gasteiger partial charge in [-0.25, -0.2) is 9.79 Å². The van der Waals surface area contributed by atoms with E-state index < -0.39 is 17.1 Å².